The summed E-state index contributed by atoms with van der Waals surface area (Å²) in [4.78, 5) is 2.52. The van der Waals surface area contributed by atoms with Crippen LogP contribution in [0.5, 0.6) is 0 Å². The van der Waals surface area contributed by atoms with Gasteiger partial charge in [-0.1, -0.05) is 6.07 Å². The fourth-order valence-electron chi connectivity index (χ4n) is 2.21. The maximum absolute atomic E-state index is 3.63. The molecule has 0 bridgehead atoms. The summed E-state index contributed by atoms with van der Waals surface area (Å²) in [7, 11) is 0. The molecule has 4 heteroatoms. The third kappa shape index (κ3) is 3.24. The highest BCUT2D eigenvalue weighted by atomic mass is 79.9. The van der Waals surface area contributed by atoms with E-state index >= 15 is 0 Å². The van der Waals surface area contributed by atoms with E-state index in [1.165, 1.54) is 18.7 Å². The number of nitrogens with one attached hydrogen (secondary N) is 1. The summed E-state index contributed by atoms with van der Waals surface area (Å²) in [6, 6.07) is 7.37. The topological polar surface area (TPSA) is 15.3 Å². The molecular weight excluding hydrogens is 344 g/mol. The highest BCUT2D eigenvalue weighted by molar-refractivity contribution is 9.11. The summed E-state index contributed by atoms with van der Waals surface area (Å²) < 4.78 is 2.24. The number of halogens is 2. The molecule has 2 nitrogen and oxygen atoms in total. The van der Waals surface area contributed by atoms with Crippen molar-refractivity contribution in [2.45, 2.75) is 32.4 Å². The monoisotopic (exact) mass is 360 g/mol. The van der Waals surface area contributed by atoms with E-state index in [1.807, 2.05) is 6.07 Å². The second-order valence-electron chi connectivity index (χ2n) is 4.82. The van der Waals surface area contributed by atoms with Gasteiger partial charge in [-0.15, -0.1) is 0 Å². The molecule has 1 N–H and O–H groups in total. The maximum atomic E-state index is 3.63. The molecule has 0 radical (unpaired) electrons. The van der Waals surface area contributed by atoms with E-state index in [4.69, 9.17) is 0 Å². The van der Waals surface area contributed by atoms with Crippen LogP contribution in [0.2, 0.25) is 0 Å². The van der Waals surface area contributed by atoms with E-state index < -0.39 is 0 Å². The molecule has 0 amide bonds. The molecule has 0 spiro atoms. The first-order valence-electron chi connectivity index (χ1n) is 6.02. The maximum Gasteiger partial charge on any atom is 0.0631 e. The van der Waals surface area contributed by atoms with Gasteiger partial charge >= 0.3 is 0 Å². The first-order chi connectivity index (χ1) is 8.08. The number of benzene rings is 1. The summed E-state index contributed by atoms with van der Waals surface area (Å²) in [6.45, 7) is 6.84. The average Bonchev–Trinajstić information content (AvgIpc) is 2.72. The van der Waals surface area contributed by atoms with Crippen molar-refractivity contribution in [1.82, 2.24) is 4.90 Å². The van der Waals surface area contributed by atoms with Crippen molar-refractivity contribution in [3.8, 4) is 0 Å². The molecule has 1 fully saturated rings. The number of hydrogen-bond acceptors (Lipinski definition) is 2. The van der Waals surface area contributed by atoms with E-state index in [-0.39, 0.29) is 0 Å². The highest BCUT2D eigenvalue weighted by Crippen LogP contribution is 2.32. The summed E-state index contributed by atoms with van der Waals surface area (Å²) in [5, 5.41) is 3.63. The third-order valence-corrected chi connectivity index (χ3v) is 4.58. The van der Waals surface area contributed by atoms with Gasteiger partial charge in [0.2, 0.25) is 0 Å². The van der Waals surface area contributed by atoms with Crippen LogP contribution in [0.15, 0.2) is 27.1 Å². The molecule has 0 saturated carbocycles. The van der Waals surface area contributed by atoms with Crippen molar-refractivity contribution < 1.29 is 0 Å². The number of likely N-dealkylation sites (tertiary alicyclic amines) is 1. The molecule has 94 valence electrons. The quantitative estimate of drug-likeness (QED) is 0.871. The Kier molecular flexibility index (Phi) is 4.50. The standard InChI is InChI=1S/C13H18Br2N2/c1-9(2)17-7-6-10(8-17)16-13-11(14)4-3-5-12(13)15/h3-5,9-10,16H,6-8H2,1-2H3. The molecule has 0 aromatic heterocycles. The van der Waals surface area contributed by atoms with E-state index in [1.54, 1.807) is 0 Å². The first kappa shape index (κ1) is 13.4. The summed E-state index contributed by atoms with van der Waals surface area (Å²) >= 11 is 7.18. The Bertz CT molecular complexity index is 373. The van der Waals surface area contributed by atoms with Gasteiger partial charge in [-0.25, -0.2) is 0 Å². The van der Waals surface area contributed by atoms with Crippen molar-refractivity contribution >= 4 is 37.5 Å². The van der Waals surface area contributed by atoms with Crippen LogP contribution in [0, 0.1) is 0 Å². The van der Waals surface area contributed by atoms with Crippen molar-refractivity contribution in [2.24, 2.45) is 0 Å². The molecule has 1 aliphatic heterocycles. The SMILES string of the molecule is CC(C)N1CCC(Nc2c(Br)cccc2Br)C1. The van der Waals surface area contributed by atoms with Gasteiger partial charge in [-0.05, 0) is 64.3 Å². The van der Waals surface area contributed by atoms with Crippen LogP contribution in [-0.2, 0) is 0 Å². The zero-order chi connectivity index (χ0) is 12.4. The fourth-order valence-corrected chi connectivity index (χ4v) is 3.44. The van der Waals surface area contributed by atoms with Crippen molar-refractivity contribution in [3.63, 3.8) is 0 Å². The lowest BCUT2D eigenvalue weighted by molar-refractivity contribution is 0.274. The van der Waals surface area contributed by atoms with E-state index in [9.17, 15) is 0 Å². The average molecular weight is 362 g/mol. The number of anilines is 1. The van der Waals surface area contributed by atoms with Gasteiger partial charge in [-0.3, -0.25) is 4.90 Å². The Labute approximate surface area is 120 Å². The molecule has 1 aliphatic rings. The minimum atomic E-state index is 0.549. The van der Waals surface area contributed by atoms with Crippen LogP contribution in [0.1, 0.15) is 20.3 Å². The molecule has 2 rings (SSSR count). The second-order valence-corrected chi connectivity index (χ2v) is 6.52. The number of nitrogens with zero attached hydrogens (tertiary/aromatic N) is 1. The first-order valence-corrected chi connectivity index (χ1v) is 7.61. The van der Waals surface area contributed by atoms with Gasteiger partial charge in [0, 0.05) is 34.1 Å². The Morgan fingerprint density at radius 2 is 1.94 bits per heavy atom. The molecule has 1 aromatic carbocycles. The molecule has 17 heavy (non-hydrogen) atoms. The summed E-state index contributed by atoms with van der Waals surface area (Å²) in [5.74, 6) is 0. The van der Waals surface area contributed by atoms with E-state index in [0.29, 0.717) is 12.1 Å². The van der Waals surface area contributed by atoms with Crippen molar-refractivity contribution in [3.05, 3.63) is 27.1 Å². The van der Waals surface area contributed by atoms with Crippen LogP contribution < -0.4 is 5.32 Å². The lowest BCUT2D eigenvalue weighted by Gasteiger charge is -2.21. The minimum Gasteiger partial charge on any atom is -0.379 e. The minimum absolute atomic E-state index is 0.549. The van der Waals surface area contributed by atoms with Crippen molar-refractivity contribution in [2.75, 3.05) is 18.4 Å². The van der Waals surface area contributed by atoms with Gasteiger partial charge in [-0.2, -0.15) is 0 Å². The Balaban J connectivity index is 2.03. The smallest absolute Gasteiger partial charge is 0.0631 e. The predicted octanol–water partition coefficient (Wildman–Crippen LogP) is 4.11. The van der Waals surface area contributed by atoms with Crippen LogP contribution in [0.4, 0.5) is 5.69 Å². The molecule has 1 unspecified atom stereocenters. The van der Waals surface area contributed by atoms with Crippen LogP contribution in [0.3, 0.4) is 0 Å². The Hall–Kier alpha value is -0.0600. The van der Waals surface area contributed by atoms with Crippen LogP contribution in [0.25, 0.3) is 0 Å². The van der Waals surface area contributed by atoms with Gasteiger partial charge in [0.15, 0.2) is 0 Å². The highest BCUT2D eigenvalue weighted by Gasteiger charge is 2.24. The van der Waals surface area contributed by atoms with Gasteiger partial charge < -0.3 is 5.32 Å². The second kappa shape index (κ2) is 5.72. The number of hydrogen-bond donors (Lipinski definition) is 1. The molecule has 0 aliphatic carbocycles. The fraction of sp³-hybridized carbons (Fsp3) is 0.538. The molecular formula is C13H18Br2N2. The Morgan fingerprint density at radius 3 is 2.47 bits per heavy atom. The molecule has 1 heterocycles. The summed E-state index contributed by atoms with van der Waals surface area (Å²) in [6.07, 6.45) is 1.21. The van der Waals surface area contributed by atoms with Gasteiger partial charge in [0.05, 0.1) is 5.69 Å². The zero-order valence-electron chi connectivity index (χ0n) is 10.2. The molecule has 1 saturated heterocycles. The largest absolute Gasteiger partial charge is 0.379 e. The van der Waals surface area contributed by atoms with E-state index in [2.05, 4.69) is 68.1 Å². The van der Waals surface area contributed by atoms with Crippen molar-refractivity contribution in [1.29, 1.82) is 0 Å². The lowest BCUT2D eigenvalue weighted by Crippen LogP contribution is -2.31. The molecule has 1 aromatic rings. The third-order valence-electron chi connectivity index (χ3n) is 3.26. The van der Waals surface area contributed by atoms with Gasteiger partial charge in [0.1, 0.15) is 0 Å². The lowest BCUT2D eigenvalue weighted by atomic mass is 10.2. The number of rotatable bonds is 3. The van der Waals surface area contributed by atoms with E-state index in [0.717, 1.165) is 15.5 Å². The van der Waals surface area contributed by atoms with Crippen LogP contribution >= 0.6 is 31.9 Å². The molecule has 1 atom stereocenters. The number of para-hydroxylation sites is 1. The van der Waals surface area contributed by atoms with Gasteiger partial charge in [0.25, 0.3) is 0 Å². The predicted molar refractivity (Wildman–Crippen MR) is 80.6 cm³/mol. The summed E-state index contributed by atoms with van der Waals surface area (Å²) in [5.41, 5.74) is 1.17. The normalized spacial score (nSPS) is 21.1. The zero-order valence-corrected chi connectivity index (χ0v) is 13.4. The Morgan fingerprint density at radius 1 is 1.29 bits per heavy atom. The van der Waals surface area contributed by atoms with Crippen LogP contribution in [-0.4, -0.2) is 30.1 Å².